The second-order valence-electron chi connectivity index (χ2n) is 2.30. The van der Waals surface area contributed by atoms with E-state index in [1.54, 1.807) is 0 Å². The molecule has 0 aromatic heterocycles. The molecule has 0 N–H and O–H groups in total. The fourth-order valence-corrected chi connectivity index (χ4v) is 1.29. The van der Waals surface area contributed by atoms with E-state index >= 15 is 0 Å². The summed E-state index contributed by atoms with van der Waals surface area (Å²) in [5.41, 5.74) is 0. The van der Waals surface area contributed by atoms with Gasteiger partial charge >= 0.3 is 0 Å². The molecule has 1 atom stereocenters. The fraction of sp³-hybridized carbons (Fsp3) is 1.00. The highest BCUT2D eigenvalue weighted by molar-refractivity contribution is 7.77. The van der Waals surface area contributed by atoms with Crippen LogP contribution in [0, 0.1) is 0 Å². The van der Waals surface area contributed by atoms with Crippen molar-refractivity contribution in [3.05, 3.63) is 0 Å². The predicted octanol–water partition coefficient (Wildman–Crippen LogP) is 0.942. The largest absolute Gasteiger partial charge is 0.378 e. The maximum absolute atomic E-state index is 5.25. The number of morpholine rings is 1. The molecular formula is C6H13NOS. The van der Waals surface area contributed by atoms with Crippen molar-refractivity contribution in [3.63, 3.8) is 0 Å². The van der Waals surface area contributed by atoms with Crippen LogP contribution in [0.1, 0.15) is 13.3 Å². The maximum Gasteiger partial charge on any atom is 0.0631 e. The van der Waals surface area contributed by atoms with Gasteiger partial charge in [0.2, 0.25) is 0 Å². The average molecular weight is 147 g/mol. The highest BCUT2D eigenvalue weighted by atomic mass is 32.1. The molecule has 1 heterocycles. The molecule has 0 aliphatic carbocycles. The minimum absolute atomic E-state index is 0.530. The van der Waals surface area contributed by atoms with Gasteiger partial charge < -0.3 is 4.74 Å². The van der Waals surface area contributed by atoms with Crippen molar-refractivity contribution in [1.29, 1.82) is 0 Å². The quantitative estimate of drug-likeness (QED) is 0.554. The van der Waals surface area contributed by atoms with E-state index < -0.39 is 0 Å². The third kappa shape index (κ3) is 1.85. The predicted molar refractivity (Wildman–Crippen MR) is 40.6 cm³/mol. The molecule has 54 valence electrons. The highest BCUT2D eigenvalue weighted by Gasteiger charge is 2.17. The van der Waals surface area contributed by atoms with Gasteiger partial charge in [-0.1, -0.05) is 19.7 Å². The topological polar surface area (TPSA) is 12.5 Å². The minimum atomic E-state index is 0.530. The normalized spacial score (nSPS) is 30.7. The summed E-state index contributed by atoms with van der Waals surface area (Å²) in [5.74, 6) is 0. The Kier molecular flexibility index (Phi) is 2.82. The summed E-state index contributed by atoms with van der Waals surface area (Å²) in [4.78, 5) is 0. The van der Waals surface area contributed by atoms with Crippen LogP contribution >= 0.6 is 12.8 Å². The molecule has 0 aromatic rings. The van der Waals surface area contributed by atoms with Crippen molar-refractivity contribution in [1.82, 2.24) is 4.31 Å². The first-order chi connectivity index (χ1) is 4.34. The van der Waals surface area contributed by atoms with E-state index in [1.165, 1.54) is 0 Å². The van der Waals surface area contributed by atoms with E-state index in [0.717, 1.165) is 26.2 Å². The SMILES string of the molecule is CCC1COCCN1S. The summed E-state index contributed by atoms with van der Waals surface area (Å²) < 4.78 is 7.31. The first kappa shape index (κ1) is 7.38. The van der Waals surface area contributed by atoms with Gasteiger partial charge in [-0.05, 0) is 6.42 Å². The number of hydrogen-bond acceptors (Lipinski definition) is 3. The van der Waals surface area contributed by atoms with Crippen molar-refractivity contribution in [2.24, 2.45) is 0 Å². The highest BCUT2D eigenvalue weighted by Crippen LogP contribution is 2.11. The van der Waals surface area contributed by atoms with Crippen molar-refractivity contribution in [2.75, 3.05) is 19.8 Å². The van der Waals surface area contributed by atoms with E-state index in [9.17, 15) is 0 Å². The molecule has 1 aliphatic rings. The number of thiol groups is 1. The maximum atomic E-state index is 5.25. The molecule has 0 radical (unpaired) electrons. The van der Waals surface area contributed by atoms with Gasteiger partial charge in [0, 0.05) is 12.6 Å². The van der Waals surface area contributed by atoms with Gasteiger partial charge in [0.05, 0.1) is 13.2 Å². The zero-order chi connectivity index (χ0) is 6.69. The number of rotatable bonds is 1. The molecule has 1 fully saturated rings. The molecule has 0 aromatic carbocycles. The summed E-state index contributed by atoms with van der Waals surface area (Å²) in [6.07, 6.45) is 1.13. The second-order valence-corrected chi connectivity index (χ2v) is 2.81. The molecule has 0 saturated carbocycles. The molecule has 2 nitrogen and oxygen atoms in total. The fourth-order valence-electron chi connectivity index (χ4n) is 0.975. The molecule has 1 aliphatic heterocycles. The molecule has 9 heavy (non-hydrogen) atoms. The van der Waals surface area contributed by atoms with Crippen molar-refractivity contribution in [2.45, 2.75) is 19.4 Å². The van der Waals surface area contributed by atoms with Crippen LogP contribution < -0.4 is 0 Å². The van der Waals surface area contributed by atoms with Gasteiger partial charge in [-0.15, -0.1) is 0 Å². The van der Waals surface area contributed by atoms with Gasteiger partial charge in [-0.2, -0.15) is 0 Å². The van der Waals surface area contributed by atoms with Crippen molar-refractivity contribution in [3.8, 4) is 0 Å². The molecule has 1 rings (SSSR count). The third-order valence-corrected chi connectivity index (χ3v) is 2.19. The summed E-state index contributed by atoms with van der Waals surface area (Å²) in [7, 11) is 0. The van der Waals surface area contributed by atoms with Crippen LogP contribution in [0.25, 0.3) is 0 Å². The van der Waals surface area contributed by atoms with E-state index in [1.807, 2.05) is 0 Å². The van der Waals surface area contributed by atoms with Crippen molar-refractivity contribution < 1.29 is 4.74 Å². The van der Waals surface area contributed by atoms with Gasteiger partial charge in [0.1, 0.15) is 0 Å². The lowest BCUT2D eigenvalue weighted by Crippen LogP contribution is -2.38. The summed E-state index contributed by atoms with van der Waals surface area (Å²) >= 11 is 4.29. The van der Waals surface area contributed by atoms with Crippen LogP contribution in [0.2, 0.25) is 0 Å². The smallest absolute Gasteiger partial charge is 0.0631 e. The Morgan fingerprint density at radius 3 is 3.00 bits per heavy atom. The lowest BCUT2D eigenvalue weighted by molar-refractivity contribution is 0.0372. The minimum Gasteiger partial charge on any atom is -0.378 e. The van der Waals surface area contributed by atoms with E-state index in [-0.39, 0.29) is 0 Å². The van der Waals surface area contributed by atoms with Crippen LogP contribution in [-0.4, -0.2) is 30.1 Å². The lowest BCUT2D eigenvalue weighted by atomic mass is 10.2. The van der Waals surface area contributed by atoms with E-state index in [4.69, 9.17) is 4.74 Å². The molecular weight excluding hydrogens is 134 g/mol. The standard InChI is InChI=1S/C6H13NOS/c1-2-6-5-8-4-3-7(6)9/h6,9H,2-5H2,1H3. The van der Waals surface area contributed by atoms with Crippen LogP contribution in [-0.2, 0) is 4.74 Å². The Bertz CT molecular complexity index is 89.1. The first-order valence-electron chi connectivity index (χ1n) is 3.38. The number of hydrogen-bond donors (Lipinski definition) is 1. The summed E-state index contributed by atoms with van der Waals surface area (Å²) in [6.45, 7) is 4.80. The first-order valence-corrected chi connectivity index (χ1v) is 3.78. The Morgan fingerprint density at radius 1 is 1.78 bits per heavy atom. The van der Waals surface area contributed by atoms with E-state index in [2.05, 4.69) is 24.0 Å². The Labute approximate surface area is 61.7 Å². The van der Waals surface area contributed by atoms with Crippen LogP contribution in [0.15, 0.2) is 0 Å². The van der Waals surface area contributed by atoms with Gasteiger partial charge in [0.25, 0.3) is 0 Å². The molecule has 1 saturated heterocycles. The second kappa shape index (κ2) is 3.44. The van der Waals surface area contributed by atoms with Crippen LogP contribution in [0.3, 0.4) is 0 Å². The average Bonchev–Trinajstić information content (AvgIpc) is 1.89. The Morgan fingerprint density at radius 2 is 2.56 bits per heavy atom. The Balaban J connectivity index is 2.30. The van der Waals surface area contributed by atoms with Gasteiger partial charge in [0.15, 0.2) is 0 Å². The van der Waals surface area contributed by atoms with Crippen molar-refractivity contribution >= 4 is 12.8 Å². The number of nitrogens with zero attached hydrogens (tertiary/aromatic N) is 1. The zero-order valence-electron chi connectivity index (χ0n) is 5.71. The van der Waals surface area contributed by atoms with Crippen LogP contribution in [0.5, 0.6) is 0 Å². The molecule has 1 unspecified atom stereocenters. The summed E-state index contributed by atoms with van der Waals surface area (Å²) in [5, 5.41) is 0. The zero-order valence-corrected chi connectivity index (χ0v) is 6.60. The summed E-state index contributed by atoms with van der Waals surface area (Å²) in [6, 6.07) is 0.530. The Hall–Kier alpha value is 0.270. The number of ether oxygens (including phenoxy) is 1. The van der Waals surface area contributed by atoms with Crippen LogP contribution in [0.4, 0.5) is 0 Å². The third-order valence-electron chi connectivity index (χ3n) is 1.67. The molecule has 3 heteroatoms. The molecule has 0 bridgehead atoms. The van der Waals surface area contributed by atoms with Gasteiger partial charge in [-0.25, -0.2) is 4.31 Å². The molecule has 0 spiro atoms. The monoisotopic (exact) mass is 147 g/mol. The van der Waals surface area contributed by atoms with Gasteiger partial charge in [-0.3, -0.25) is 0 Å². The lowest BCUT2D eigenvalue weighted by Gasteiger charge is -2.30. The van der Waals surface area contributed by atoms with E-state index in [0.29, 0.717) is 6.04 Å². The molecule has 0 amide bonds.